The third-order valence-electron chi connectivity index (χ3n) is 8.43. The molecule has 0 saturated carbocycles. The molecule has 8 aromatic rings. The molecule has 8 aromatic carbocycles. The highest BCUT2D eigenvalue weighted by molar-refractivity contribution is 6.17. The Morgan fingerprint density at radius 1 is 0.256 bits per heavy atom. The molecule has 0 unspecified atom stereocenters. The second-order valence-electron chi connectivity index (χ2n) is 11.0. The molecule has 1 nitrogen and oxygen atoms in total. The molecular weight excluding hydrogens is 518 g/mol. The first-order valence-electron chi connectivity index (χ1n) is 14.8. The third-order valence-corrected chi connectivity index (χ3v) is 8.43. The quantitative estimate of drug-likeness (QED) is 0.194. The molecule has 0 aromatic heterocycles. The van der Waals surface area contributed by atoms with Crippen molar-refractivity contribution in [2.24, 2.45) is 0 Å². The van der Waals surface area contributed by atoms with E-state index in [-0.39, 0.29) is 0 Å². The SMILES string of the molecule is c1ccc(-c2ccc(N(c3cccc(-c4ccccc4)c3)c3ccc4c(ccc5c6ccccc6ccc45)c3)cc2)cc1. The molecule has 0 aliphatic heterocycles. The van der Waals surface area contributed by atoms with Gasteiger partial charge in [0.15, 0.2) is 0 Å². The minimum absolute atomic E-state index is 1.12. The summed E-state index contributed by atoms with van der Waals surface area (Å²) in [5.41, 5.74) is 8.21. The van der Waals surface area contributed by atoms with E-state index in [0.717, 1.165) is 17.1 Å². The smallest absolute Gasteiger partial charge is 0.0468 e. The van der Waals surface area contributed by atoms with Gasteiger partial charge in [-0.15, -0.1) is 0 Å². The van der Waals surface area contributed by atoms with Crippen LogP contribution in [-0.2, 0) is 0 Å². The number of hydrogen-bond acceptors (Lipinski definition) is 1. The van der Waals surface area contributed by atoms with E-state index >= 15 is 0 Å². The van der Waals surface area contributed by atoms with Crippen LogP contribution < -0.4 is 4.90 Å². The van der Waals surface area contributed by atoms with Crippen LogP contribution in [0.15, 0.2) is 176 Å². The number of fused-ring (bicyclic) bond motifs is 5. The van der Waals surface area contributed by atoms with Crippen LogP contribution in [0.2, 0.25) is 0 Å². The van der Waals surface area contributed by atoms with E-state index in [4.69, 9.17) is 0 Å². The zero-order chi connectivity index (χ0) is 28.6. The van der Waals surface area contributed by atoms with Crippen molar-refractivity contribution >= 4 is 49.4 Å². The van der Waals surface area contributed by atoms with Crippen LogP contribution in [0.3, 0.4) is 0 Å². The van der Waals surface area contributed by atoms with Gasteiger partial charge >= 0.3 is 0 Å². The summed E-state index contributed by atoms with van der Waals surface area (Å²) >= 11 is 0. The average Bonchev–Trinajstić information content (AvgIpc) is 3.09. The standard InChI is InChI=1S/C42H29N/c1-3-10-30(11-4-1)32-18-22-36(23-19-32)43(37-16-9-15-34(28-37)31-12-5-2-6-13-31)38-24-27-40-35(29-38)21-26-41-39-17-8-7-14-33(39)20-25-42(40)41/h1-29H. The van der Waals surface area contributed by atoms with E-state index in [2.05, 4.69) is 181 Å². The second kappa shape index (κ2) is 10.6. The average molecular weight is 548 g/mol. The van der Waals surface area contributed by atoms with Gasteiger partial charge in [-0.2, -0.15) is 0 Å². The Morgan fingerprint density at radius 2 is 0.767 bits per heavy atom. The van der Waals surface area contributed by atoms with Gasteiger partial charge in [-0.05, 0) is 91.0 Å². The van der Waals surface area contributed by atoms with Crippen LogP contribution in [0.4, 0.5) is 17.1 Å². The summed E-state index contributed by atoms with van der Waals surface area (Å²) < 4.78 is 0. The summed E-state index contributed by atoms with van der Waals surface area (Å²) in [5, 5.41) is 7.64. The molecule has 0 radical (unpaired) electrons. The Hall–Kier alpha value is -5.66. The van der Waals surface area contributed by atoms with E-state index in [1.54, 1.807) is 0 Å². The van der Waals surface area contributed by atoms with E-state index in [1.165, 1.54) is 54.6 Å². The lowest BCUT2D eigenvalue weighted by Gasteiger charge is -2.27. The molecule has 0 N–H and O–H groups in total. The van der Waals surface area contributed by atoms with Crippen LogP contribution in [0.1, 0.15) is 0 Å². The first kappa shape index (κ1) is 25.1. The second-order valence-corrected chi connectivity index (χ2v) is 11.0. The summed E-state index contributed by atoms with van der Waals surface area (Å²) in [4.78, 5) is 2.37. The Morgan fingerprint density at radius 3 is 1.51 bits per heavy atom. The number of nitrogens with zero attached hydrogens (tertiary/aromatic N) is 1. The fraction of sp³-hybridized carbons (Fsp3) is 0. The summed E-state index contributed by atoms with van der Waals surface area (Å²) in [6.45, 7) is 0. The van der Waals surface area contributed by atoms with Gasteiger partial charge in [0.25, 0.3) is 0 Å². The first-order chi connectivity index (χ1) is 21.3. The van der Waals surface area contributed by atoms with Crippen molar-refractivity contribution in [1.29, 1.82) is 0 Å². The van der Waals surface area contributed by atoms with Crippen molar-refractivity contribution in [1.82, 2.24) is 0 Å². The Balaban J connectivity index is 1.28. The summed E-state index contributed by atoms with van der Waals surface area (Å²) in [6, 6.07) is 63.4. The Labute approximate surface area is 251 Å². The van der Waals surface area contributed by atoms with Crippen molar-refractivity contribution in [3.8, 4) is 22.3 Å². The number of anilines is 3. The number of rotatable bonds is 5. The largest absolute Gasteiger partial charge is 0.310 e. The molecular formula is C42H29N. The molecule has 0 spiro atoms. The van der Waals surface area contributed by atoms with Crippen molar-refractivity contribution in [3.63, 3.8) is 0 Å². The topological polar surface area (TPSA) is 3.24 Å². The van der Waals surface area contributed by atoms with Crippen LogP contribution in [-0.4, -0.2) is 0 Å². The van der Waals surface area contributed by atoms with Crippen LogP contribution in [0, 0.1) is 0 Å². The molecule has 8 rings (SSSR count). The molecule has 43 heavy (non-hydrogen) atoms. The highest BCUT2D eigenvalue weighted by Crippen LogP contribution is 2.40. The number of hydrogen-bond donors (Lipinski definition) is 0. The van der Waals surface area contributed by atoms with E-state index in [1.807, 2.05) is 0 Å². The van der Waals surface area contributed by atoms with E-state index in [9.17, 15) is 0 Å². The molecule has 0 heterocycles. The molecule has 1 heteroatoms. The molecule has 0 fully saturated rings. The molecule has 0 aliphatic rings. The molecule has 0 amide bonds. The zero-order valence-corrected chi connectivity index (χ0v) is 23.7. The normalized spacial score (nSPS) is 11.3. The Bertz CT molecular complexity index is 2220. The molecule has 0 bridgehead atoms. The zero-order valence-electron chi connectivity index (χ0n) is 23.7. The minimum Gasteiger partial charge on any atom is -0.310 e. The lowest BCUT2D eigenvalue weighted by atomic mass is 9.96. The molecule has 202 valence electrons. The summed E-state index contributed by atoms with van der Waals surface area (Å²) in [6.07, 6.45) is 0. The summed E-state index contributed by atoms with van der Waals surface area (Å²) in [7, 11) is 0. The van der Waals surface area contributed by atoms with Crippen molar-refractivity contribution in [2.75, 3.05) is 4.90 Å². The van der Waals surface area contributed by atoms with E-state index in [0.29, 0.717) is 0 Å². The van der Waals surface area contributed by atoms with Gasteiger partial charge in [0.2, 0.25) is 0 Å². The van der Waals surface area contributed by atoms with Gasteiger partial charge in [0, 0.05) is 17.1 Å². The predicted molar refractivity (Wildman–Crippen MR) is 185 cm³/mol. The van der Waals surface area contributed by atoms with Gasteiger partial charge in [0.1, 0.15) is 0 Å². The van der Waals surface area contributed by atoms with Crippen LogP contribution >= 0.6 is 0 Å². The monoisotopic (exact) mass is 547 g/mol. The van der Waals surface area contributed by atoms with Crippen LogP contribution in [0.5, 0.6) is 0 Å². The molecule has 0 atom stereocenters. The lowest BCUT2D eigenvalue weighted by molar-refractivity contribution is 1.29. The maximum Gasteiger partial charge on any atom is 0.0468 e. The maximum atomic E-state index is 2.37. The molecule has 0 aliphatic carbocycles. The van der Waals surface area contributed by atoms with Gasteiger partial charge in [-0.25, -0.2) is 0 Å². The first-order valence-corrected chi connectivity index (χ1v) is 14.8. The molecule has 0 saturated heterocycles. The Kier molecular flexibility index (Phi) is 6.20. The fourth-order valence-corrected chi connectivity index (χ4v) is 6.29. The highest BCUT2D eigenvalue weighted by Gasteiger charge is 2.15. The van der Waals surface area contributed by atoms with Crippen LogP contribution in [0.25, 0.3) is 54.6 Å². The van der Waals surface area contributed by atoms with Gasteiger partial charge in [-0.3, -0.25) is 0 Å². The third kappa shape index (κ3) is 4.62. The van der Waals surface area contributed by atoms with E-state index < -0.39 is 0 Å². The maximum absolute atomic E-state index is 2.37. The fourth-order valence-electron chi connectivity index (χ4n) is 6.29. The van der Waals surface area contributed by atoms with Gasteiger partial charge in [-0.1, -0.05) is 140 Å². The van der Waals surface area contributed by atoms with Gasteiger partial charge in [0.05, 0.1) is 0 Å². The van der Waals surface area contributed by atoms with Gasteiger partial charge < -0.3 is 4.90 Å². The van der Waals surface area contributed by atoms with Crippen molar-refractivity contribution in [3.05, 3.63) is 176 Å². The highest BCUT2D eigenvalue weighted by atomic mass is 15.1. The predicted octanol–water partition coefficient (Wildman–Crippen LogP) is 11.9. The number of benzene rings is 8. The lowest BCUT2D eigenvalue weighted by Crippen LogP contribution is -2.10. The summed E-state index contributed by atoms with van der Waals surface area (Å²) in [5.74, 6) is 0. The minimum atomic E-state index is 1.12. The van der Waals surface area contributed by atoms with Crippen molar-refractivity contribution in [2.45, 2.75) is 0 Å². The van der Waals surface area contributed by atoms with Crippen molar-refractivity contribution < 1.29 is 0 Å².